The molecule has 8 heteroatoms. The highest BCUT2D eigenvalue weighted by Gasteiger charge is 2.18. The van der Waals surface area contributed by atoms with E-state index in [4.69, 9.17) is 0 Å². The summed E-state index contributed by atoms with van der Waals surface area (Å²) < 4.78 is 28.6. The summed E-state index contributed by atoms with van der Waals surface area (Å²) in [5, 5.41) is 3.04. The predicted molar refractivity (Wildman–Crippen MR) is 87.0 cm³/mol. The van der Waals surface area contributed by atoms with Gasteiger partial charge in [-0.25, -0.2) is 9.97 Å². The molecular formula is C16H17F2N3O2S. The van der Waals surface area contributed by atoms with Crippen molar-refractivity contribution < 1.29 is 18.3 Å². The fourth-order valence-corrected chi connectivity index (χ4v) is 2.64. The second-order valence-electron chi connectivity index (χ2n) is 4.97. The number of alkyl halides is 2. The Bertz CT molecular complexity index is 656. The lowest BCUT2D eigenvalue weighted by Gasteiger charge is -2.17. The topological polar surface area (TPSA) is 64.1 Å². The summed E-state index contributed by atoms with van der Waals surface area (Å²) in [6.07, 6.45) is 3.23. The van der Waals surface area contributed by atoms with Gasteiger partial charge in [-0.3, -0.25) is 4.79 Å². The molecule has 24 heavy (non-hydrogen) atoms. The number of nitrogens with zero attached hydrogens (tertiary/aromatic N) is 2. The normalized spacial score (nSPS) is 13.4. The Morgan fingerprint density at radius 3 is 2.38 bits per heavy atom. The number of amides is 1. The summed E-state index contributed by atoms with van der Waals surface area (Å²) in [6, 6.07) is 7.61. The van der Waals surface area contributed by atoms with Crippen LogP contribution in [0.25, 0.3) is 0 Å². The van der Waals surface area contributed by atoms with Crippen LogP contribution < -0.4 is 10.1 Å². The molecule has 1 aromatic heterocycles. The lowest BCUT2D eigenvalue weighted by molar-refractivity contribution is -0.120. The molecule has 1 N–H and O–H groups in total. The zero-order valence-corrected chi connectivity index (χ0v) is 14.0. The number of aromatic nitrogens is 2. The number of hydrogen-bond donors (Lipinski definition) is 1. The van der Waals surface area contributed by atoms with Crippen LogP contribution >= 0.6 is 11.8 Å². The van der Waals surface area contributed by atoms with Crippen LogP contribution in [-0.2, 0) is 4.79 Å². The summed E-state index contributed by atoms with van der Waals surface area (Å²) in [5.41, 5.74) is 0.790. The Morgan fingerprint density at radius 2 is 1.79 bits per heavy atom. The second kappa shape index (κ2) is 8.58. The molecule has 0 fully saturated rings. The highest BCUT2D eigenvalue weighted by atomic mass is 32.2. The molecule has 2 atom stereocenters. The third-order valence-corrected chi connectivity index (χ3v) is 4.15. The standard InChI is InChI=1S/C16H17F2N3O2S/c1-10(12-4-6-13(7-5-12)23-15(17)18)21-14(22)11(2)24-16-19-8-3-9-20-16/h3-11,15H,1-2H3,(H,21,22)/t10-,11+/m0/s1. The maximum Gasteiger partial charge on any atom is 0.387 e. The first-order valence-electron chi connectivity index (χ1n) is 7.24. The van der Waals surface area contributed by atoms with Crippen molar-refractivity contribution in [1.29, 1.82) is 0 Å². The quantitative estimate of drug-likeness (QED) is 0.610. The average Bonchev–Trinajstić information content (AvgIpc) is 2.55. The fourth-order valence-electron chi connectivity index (χ4n) is 1.91. The SMILES string of the molecule is C[C@H](NC(=O)[C@@H](C)Sc1ncccn1)c1ccc(OC(F)F)cc1. The van der Waals surface area contributed by atoms with Gasteiger partial charge in [-0.05, 0) is 37.6 Å². The van der Waals surface area contributed by atoms with Gasteiger partial charge < -0.3 is 10.1 Å². The molecule has 0 spiro atoms. The molecule has 1 aromatic carbocycles. The number of rotatable bonds is 7. The van der Waals surface area contributed by atoms with Crippen molar-refractivity contribution in [3.63, 3.8) is 0 Å². The third-order valence-electron chi connectivity index (χ3n) is 3.16. The van der Waals surface area contributed by atoms with Gasteiger partial charge in [-0.2, -0.15) is 8.78 Å². The highest BCUT2D eigenvalue weighted by molar-refractivity contribution is 8.00. The Balaban J connectivity index is 1.90. The van der Waals surface area contributed by atoms with Gasteiger partial charge in [-0.15, -0.1) is 0 Å². The summed E-state index contributed by atoms with van der Waals surface area (Å²) in [6.45, 7) is 0.728. The van der Waals surface area contributed by atoms with Crippen molar-refractivity contribution >= 4 is 17.7 Å². The molecule has 128 valence electrons. The fraction of sp³-hybridized carbons (Fsp3) is 0.312. The van der Waals surface area contributed by atoms with E-state index in [0.29, 0.717) is 5.16 Å². The molecule has 1 amide bonds. The minimum Gasteiger partial charge on any atom is -0.435 e. The lowest BCUT2D eigenvalue weighted by Crippen LogP contribution is -2.33. The monoisotopic (exact) mass is 353 g/mol. The number of nitrogens with one attached hydrogen (secondary N) is 1. The molecule has 5 nitrogen and oxygen atoms in total. The zero-order chi connectivity index (χ0) is 17.5. The molecule has 0 aliphatic rings. The van der Waals surface area contributed by atoms with Gasteiger partial charge in [0.15, 0.2) is 5.16 Å². The van der Waals surface area contributed by atoms with Crippen LogP contribution in [0.15, 0.2) is 47.9 Å². The Hall–Kier alpha value is -2.22. The molecule has 1 heterocycles. The van der Waals surface area contributed by atoms with Crippen molar-refractivity contribution in [2.75, 3.05) is 0 Å². The van der Waals surface area contributed by atoms with Gasteiger partial charge in [0.2, 0.25) is 5.91 Å². The first kappa shape index (κ1) is 18.1. The Kier molecular flexibility index (Phi) is 6.48. The van der Waals surface area contributed by atoms with Gasteiger partial charge >= 0.3 is 6.61 Å². The highest BCUT2D eigenvalue weighted by Crippen LogP contribution is 2.22. The van der Waals surface area contributed by atoms with E-state index in [9.17, 15) is 13.6 Å². The molecule has 0 bridgehead atoms. The Morgan fingerprint density at radius 1 is 1.17 bits per heavy atom. The van der Waals surface area contributed by atoms with Crippen LogP contribution in [0.4, 0.5) is 8.78 Å². The van der Waals surface area contributed by atoms with E-state index in [0.717, 1.165) is 5.56 Å². The largest absolute Gasteiger partial charge is 0.435 e. The number of thioether (sulfide) groups is 1. The van der Waals surface area contributed by atoms with Gasteiger partial charge in [0.25, 0.3) is 0 Å². The lowest BCUT2D eigenvalue weighted by atomic mass is 10.1. The summed E-state index contributed by atoms with van der Waals surface area (Å²) in [7, 11) is 0. The molecule has 0 radical (unpaired) electrons. The zero-order valence-electron chi connectivity index (χ0n) is 13.1. The van der Waals surface area contributed by atoms with E-state index in [-0.39, 0.29) is 22.9 Å². The molecule has 2 aromatic rings. The van der Waals surface area contributed by atoms with Crippen molar-refractivity contribution in [1.82, 2.24) is 15.3 Å². The van der Waals surface area contributed by atoms with E-state index in [1.807, 2.05) is 6.92 Å². The minimum absolute atomic E-state index is 0.0810. The molecule has 0 saturated heterocycles. The number of hydrogen-bond acceptors (Lipinski definition) is 5. The smallest absolute Gasteiger partial charge is 0.387 e. The molecule has 0 unspecified atom stereocenters. The first-order valence-corrected chi connectivity index (χ1v) is 8.12. The minimum atomic E-state index is -2.86. The number of carbonyl (C=O) groups excluding carboxylic acids is 1. The van der Waals surface area contributed by atoms with Gasteiger partial charge in [0.05, 0.1) is 11.3 Å². The third kappa shape index (κ3) is 5.45. The van der Waals surface area contributed by atoms with Crippen molar-refractivity contribution in [2.24, 2.45) is 0 Å². The van der Waals surface area contributed by atoms with Crippen LogP contribution in [-0.4, -0.2) is 27.7 Å². The van der Waals surface area contributed by atoms with Crippen LogP contribution in [0.3, 0.4) is 0 Å². The van der Waals surface area contributed by atoms with E-state index < -0.39 is 6.61 Å². The van der Waals surface area contributed by atoms with Crippen LogP contribution in [0, 0.1) is 0 Å². The Labute approximate surface area is 142 Å². The van der Waals surface area contributed by atoms with E-state index >= 15 is 0 Å². The first-order chi connectivity index (χ1) is 11.5. The summed E-state index contributed by atoms with van der Waals surface area (Å²) in [4.78, 5) is 20.4. The average molecular weight is 353 g/mol. The molecular weight excluding hydrogens is 336 g/mol. The van der Waals surface area contributed by atoms with Crippen molar-refractivity contribution in [3.8, 4) is 5.75 Å². The number of carbonyl (C=O) groups is 1. The number of ether oxygens (including phenoxy) is 1. The van der Waals surface area contributed by atoms with Crippen molar-refractivity contribution in [3.05, 3.63) is 48.3 Å². The van der Waals surface area contributed by atoms with E-state index in [1.165, 1.54) is 23.9 Å². The molecule has 0 saturated carbocycles. The van der Waals surface area contributed by atoms with Crippen LogP contribution in [0.5, 0.6) is 5.75 Å². The van der Waals surface area contributed by atoms with E-state index in [1.54, 1.807) is 37.5 Å². The number of benzene rings is 1. The summed E-state index contributed by atoms with van der Waals surface area (Å²) >= 11 is 1.26. The van der Waals surface area contributed by atoms with Gasteiger partial charge in [0, 0.05) is 12.4 Å². The molecule has 2 rings (SSSR count). The number of halogens is 2. The second-order valence-corrected chi connectivity index (χ2v) is 6.28. The molecule has 0 aliphatic heterocycles. The maximum absolute atomic E-state index is 12.2. The van der Waals surface area contributed by atoms with Crippen LogP contribution in [0.2, 0.25) is 0 Å². The molecule has 0 aliphatic carbocycles. The van der Waals surface area contributed by atoms with Crippen molar-refractivity contribution in [2.45, 2.75) is 36.9 Å². The van der Waals surface area contributed by atoms with E-state index in [2.05, 4.69) is 20.0 Å². The maximum atomic E-state index is 12.2. The predicted octanol–water partition coefficient (Wildman–Crippen LogP) is 3.44. The van der Waals surface area contributed by atoms with Gasteiger partial charge in [-0.1, -0.05) is 23.9 Å². The van der Waals surface area contributed by atoms with Gasteiger partial charge in [0.1, 0.15) is 5.75 Å². The van der Waals surface area contributed by atoms with Crippen LogP contribution in [0.1, 0.15) is 25.5 Å². The summed E-state index contributed by atoms with van der Waals surface area (Å²) in [5.74, 6) is -0.0784.